The highest BCUT2D eigenvalue weighted by Crippen LogP contribution is 2.26. The Morgan fingerprint density at radius 3 is 2.33 bits per heavy atom. The molecule has 0 saturated carbocycles. The molecule has 0 amide bonds. The highest BCUT2D eigenvalue weighted by Gasteiger charge is 2.25. The molecule has 0 aromatic rings. The van der Waals surface area contributed by atoms with Gasteiger partial charge in [0.1, 0.15) is 0 Å². The van der Waals surface area contributed by atoms with Crippen molar-refractivity contribution in [1.82, 2.24) is 4.90 Å². The normalized spacial score (nSPS) is 16.3. The van der Waals surface area contributed by atoms with Crippen molar-refractivity contribution in [1.29, 1.82) is 0 Å². The predicted molar refractivity (Wildman–Crippen MR) is 71.6 cm³/mol. The van der Waals surface area contributed by atoms with Crippen molar-refractivity contribution in [2.75, 3.05) is 19.6 Å². The Morgan fingerprint density at radius 2 is 1.87 bits per heavy atom. The van der Waals surface area contributed by atoms with Gasteiger partial charge in [-0.05, 0) is 6.42 Å². The van der Waals surface area contributed by atoms with Gasteiger partial charge in [0.25, 0.3) is 0 Å². The number of aliphatic imine (C=N–C) groups is 1. The zero-order valence-corrected chi connectivity index (χ0v) is 11.6. The van der Waals surface area contributed by atoms with Crippen molar-refractivity contribution in [2.45, 2.75) is 51.4 Å². The summed E-state index contributed by atoms with van der Waals surface area (Å²) < 4.78 is 0. The summed E-state index contributed by atoms with van der Waals surface area (Å²) >= 11 is 0. The second kappa shape index (κ2) is 6.31. The topological polar surface area (TPSA) is 15.6 Å². The molecule has 0 N–H and O–H groups in total. The monoisotopic (exact) mass is 226 g/mol. The Labute approximate surface area is 95.8 Å². The molecule has 0 aromatic carbocycles. The Bertz CT molecular complexity index is 192. The van der Waals surface area contributed by atoms with Crippen LogP contribution in [0.3, 0.4) is 0 Å². The summed E-state index contributed by atoms with van der Waals surface area (Å²) in [5, 5.41) is 0. The van der Waals surface area contributed by atoms with Crippen molar-refractivity contribution < 1.29 is 0 Å². The van der Waals surface area contributed by atoms with Crippen molar-refractivity contribution >= 4 is 14.4 Å². The maximum absolute atomic E-state index is 4.25. The molecule has 3 heteroatoms. The maximum atomic E-state index is 4.25. The van der Waals surface area contributed by atoms with Gasteiger partial charge in [0.2, 0.25) is 0 Å². The minimum Gasteiger partial charge on any atom is -0.361 e. The summed E-state index contributed by atoms with van der Waals surface area (Å²) in [7, 11) is -0.861. The van der Waals surface area contributed by atoms with Crippen LogP contribution < -0.4 is 0 Å². The van der Waals surface area contributed by atoms with E-state index in [4.69, 9.17) is 0 Å². The van der Waals surface area contributed by atoms with Gasteiger partial charge in [0.15, 0.2) is 0 Å². The highest BCUT2D eigenvalue weighted by atomic mass is 28.3. The van der Waals surface area contributed by atoms with Crippen LogP contribution in [0.5, 0.6) is 0 Å². The van der Waals surface area contributed by atoms with Crippen LogP contribution in [0.2, 0.25) is 24.2 Å². The van der Waals surface area contributed by atoms with Crippen LogP contribution in [0.1, 0.15) is 27.2 Å². The molecule has 0 atom stereocenters. The van der Waals surface area contributed by atoms with E-state index in [2.05, 4.69) is 30.7 Å². The number of hydrogen-bond donors (Lipinski definition) is 0. The average molecular weight is 226 g/mol. The summed E-state index contributed by atoms with van der Waals surface area (Å²) in [6, 6.07) is 5.91. The first-order valence-corrected chi connectivity index (χ1v) is 9.33. The van der Waals surface area contributed by atoms with Crippen molar-refractivity contribution in [2.24, 2.45) is 4.99 Å². The first-order chi connectivity index (χ1) is 7.26. The molecule has 1 rings (SSSR count). The van der Waals surface area contributed by atoms with E-state index in [1.54, 1.807) is 0 Å². The lowest BCUT2D eigenvalue weighted by Crippen LogP contribution is -2.32. The minimum absolute atomic E-state index is 0.861. The summed E-state index contributed by atoms with van der Waals surface area (Å²) in [5.74, 6) is 0. The molecule has 0 bridgehead atoms. The van der Waals surface area contributed by atoms with Gasteiger partial charge in [-0.3, -0.25) is 4.99 Å². The third-order valence-corrected chi connectivity index (χ3v) is 10.1. The average Bonchev–Trinajstić information content (AvgIpc) is 2.78. The van der Waals surface area contributed by atoms with Crippen LogP contribution >= 0.6 is 0 Å². The molecule has 15 heavy (non-hydrogen) atoms. The van der Waals surface area contributed by atoms with Crippen LogP contribution in [-0.4, -0.2) is 38.9 Å². The molecule has 0 saturated heterocycles. The van der Waals surface area contributed by atoms with E-state index in [0.717, 1.165) is 13.1 Å². The Balaban J connectivity index is 2.24. The summed E-state index contributed by atoms with van der Waals surface area (Å²) in [6.45, 7) is 10.6. The van der Waals surface area contributed by atoms with Crippen LogP contribution in [0.25, 0.3) is 0 Å². The maximum Gasteiger partial charge on any atom is 0.0851 e. The lowest BCUT2D eigenvalue weighted by Gasteiger charge is -2.28. The minimum atomic E-state index is -0.861. The summed E-state index contributed by atoms with van der Waals surface area (Å²) in [5.41, 5.74) is 0. The molecular weight excluding hydrogens is 200 g/mol. The second-order valence-electron chi connectivity index (χ2n) is 4.72. The SMILES string of the molecule is CC[Si](CC)(CC)CCCN1C=NCC1. The second-order valence-corrected chi connectivity index (χ2v) is 10.3. The Kier molecular flexibility index (Phi) is 5.36. The molecule has 2 nitrogen and oxygen atoms in total. The third kappa shape index (κ3) is 3.63. The molecule has 1 heterocycles. The highest BCUT2D eigenvalue weighted by molar-refractivity contribution is 6.79. The quantitative estimate of drug-likeness (QED) is 0.609. The molecule has 0 spiro atoms. The van der Waals surface area contributed by atoms with Crippen LogP contribution in [0.15, 0.2) is 4.99 Å². The van der Waals surface area contributed by atoms with E-state index < -0.39 is 8.07 Å². The largest absolute Gasteiger partial charge is 0.361 e. The van der Waals surface area contributed by atoms with Crippen LogP contribution in [-0.2, 0) is 0 Å². The van der Waals surface area contributed by atoms with Gasteiger partial charge in [0, 0.05) is 13.1 Å². The number of hydrogen-bond acceptors (Lipinski definition) is 2. The molecule has 0 aromatic heterocycles. The van der Waals surface area contributed by atoms with Gasteiger partial charge in [-0.25, -0.2) is 0 Å². The first kappa shape index (κ1) is 12.8. The number of nitrogens with zero attached hydrogens (tertiary/aromatic N) is 2. The fraction of sp³-hybridized carbons (Fsp3) is 0.917. The van der Waals surface area contributed by atoms with Gasteiger partial charge < -0.3 is 4.90 Å². The fourth-order valence-corrected chi connectivity index (χ4v) is 5.99. The molecule has 1 aliphatic rings. The Hall–Kier alpha value is -0.313. The first-order valence-electron chi connectivity index (χ1n) is 6.50. The van der Waals surface area contributed by atoms with E-state index in [1.807, 2.05) is 6.34 Å². The van der Waals surface area contributed by atoms with Gasteiger partial charge in [-0.1, -0.05) is 44.9 Å². The molecule has 0 radical (unpaired) electrons. The van der Waals surface area contributed by atoms with Crippen molar-refractivity contribution in [3.63, 3.8) is 0 Å². The van der Waals surface area contributed by atoms with E-state index in [0.29, 0.717) is 0 Å². The van der Waals surface area contributed by atoms with Crippen molar-refractivity contribution in [3.8, 4) is 0 Å². The van der Waals surface area contributed by atoms with Gasteiger partial charge in [0.05, 0.1) is 21.0 Å². The number of rotatable bonds is 7. The molecule has 88 valence electrons. The predicted octanol–water partition coefficient (Wildman–Crippen LogP) is 3.23. The van der Waals surface area contributed by atoms with Gasteiger partial charge in [-0.15, -0.1) is 0 Å². The molecule has 1 aliphatic heterocycles. The standard InChI is InChI=1S/C12H26N2Si/c1-4-15(5-2,6-3)11-7-9-14-10-8-13-12-14/h12H,4-11H2,1-3H3. The Morgan fingerprint density at radius 1 is 1.20 bits per heavy atom. The molecule has 0 aliphatic carbocycles. The van der Waals surface area contributed by atoms with E-state index in [-0.39, 0.29) is 0 Å². The van der Waals surface area contributed by atoms with Crippen molar-refractivity contribution in [3.05, 3.63) is 0 Å². The molecule has 0 unspecified atom stereocenters. The fourth-order valence-electron chi connectivity index (χ4n) is 2.52. The third-order valence-electron chi connectivity index (χ3n) is 4.16. The van der Waals surface area contributed by atoms with Crippen LogP contribution in [0, 0.1) is 0 Å². The van der Waals surface area contributed by atoms with Gasteiger partial charge >= 0.3 is 0 Å². The smallest absolute Gasteiger partial charge is 0.0851 e. The van der Waals surface area contributed by atoms with E-state index in [1.165, 1.54) is 37.1 Å². The molecular formula is C12H26N2Si. The zero-order chi connectivity index (χ0) is 11.1. The summed E-state index contributed by atoms with van der Waals surface area (Å²) in [6.07, 6.45) is 3.42. The lowest BCUT2D eigenvalue weighted by atomic mass is 10.4. The van der Waals surface area contributed by atoms with E-state index >= 15 is 0 Å². The molecule has 0 fully saturated rings. The summed E-state index contributed by atoms with van der Waals surface area (Å²) in [4.78, 5) is 6.63. The lowest BCUT2D eigenvalue weighted by molar-refractivity contribution is 0.464. The van der Waals surface area contributed by atoms with Crippen LogP contribution in [0.4, 0.5) is 0 Å². The van der Waals surface area contributed by atoms with E-state index in [9.17, 15) is 0 Å². The zero-order valence-electron chi connectivity index (χ0n) is 10.6. The van der Waals surface area contributed by atoms with Gasteiger partial charge in [-0.2, -0.15) is 0 Å².